The summed E-state index contributed by atoms with van der Waals surface area (Å²) in [5, 5.41) is 0. The van der Waals surface area contributed by atoms with Gasteiger partial charge in [-0.3, -0.25) is 14.5 Å². The van der Waals surface area contributed by atoms with Crippen molar-refractivity contribution in [2.24, 2.45) is 5.92 Å². The van der Waals surface area contributed by atoms with Crippen LogP contribution in [0, 0.1) is 5.92 Å². The molecule has 158 valence electrons. The topological polar surface area (TPSA) is 82.1 Å². The van der Waals surface area contributed by atoms with Gasteiger partial charge in [0.25, 0.3) is 0 Å². The van der Waals surface area contributed by atoms with Crippen LogP contribution in [0.1, 0.15) is 44.6 Å². The van der Waals surface area contributed by atoms with Crippen LogP contribution in [0.5, 0.6) is 0 Å². The lowest BCUT2D eigenvalue weighted by Gasteiger charge is -2.29. The van der Waals surface area contributed by atoms with Gasteiger partial charge < -0.3 is 14.2 Å². The number of amides is 1. The highest BCUT2D eigenvalue weighted by molar-refractivity contribution is 5.88. The monoisotopic (exact) mass is 403 g/mol. The Balaban J connectivity index is 1.44. The van der Waals surface area contributed by atoms with Gasteiger partial charge in [-0.15, -0.1) is 0 Å². The molecule has 1 aromatic rings. The molecule has 7 heteroatoms. The van der Waals surface area contributed by atoms with E-state index >= 15 is 0 Å². The normalized spacial score (nSPS) is 24.4. The molecule has 1 atom stereocenters. The van der Waals surface area contributed by atoms with E-state index in [1.807, 2.05) is 37.3 Å². The molecule has 2 aliphatic rings. The van der Waals surface area contributed by atoms with Gasteiger partial charge in [-0.2, -0.15) is 0 Å². The SMILES string of the molecule is CCOC(=O)[C@H]1CC[C@H](OC[C@@H]2CC(=O)CN2C(=O)OCc2ccccc2)CC1. The summed E-state index contributed by atoms with van der Waals surface area (Å²) in [5.41, 5.74) is 0.900. The van der Waals surface area contributed by atoms with Crippen LogP contribution < -0.4 is 0 Å². The van der Waals surface area contributed by atoms with Crippen LogP contribution in [0.15, 0.2) is 30.3 Å². The zero-order chi connectivity index (χ0) is 20.6. The van der Waals surface area contributed by atoms with E-state index in [2.05, 4.69) is 0 Å². The van der Waals surface area contributed by atoms with Gasteiger partial charge >= 0.3 is 12.1 Å². The van der Waals surface area contributed by atoms with E-state index in [4.69, 9.17) is 14.2 Å². The summed E-state index contributed by atoms with van der Waals surface area (Å²) in [6, 6.07) is 9.14. The quantitative estimate of drug-likeness (QED) is 0.651. The van der Waals surface area contributed by atoms with Crippen molar-refractivity contribution in [3.63, 3.8) is 0 Å². The number of esters is 1. The van der Waals surface area contributed by atoms with Gasteiger partial charge in [0.2, 0.25) is 0 Å². The first kappa shape index (κ1) is 21.3. The summed E-state index contributed by atoms with van der Waals surface area (Å²) in [5.74, 6) is -0.159. The van der Waals surface area contributed by atoms with E-state index in [0.717, 1.165) is 31.2 Å². The molecule has 1 aliphatic carbocycles. The minimum atomic E-state index is -0.487. The van der Waals surface area contributed by atoms with Crippen molar-refractivity contribution in [2.45, 2.75) is 57.8 Å². The van der Waals surface area contributed by atoms with Gasteiger partial charge in [-0.05, 0) is 38.2 Å². The molecule has 0 unspecified atom stereocenters. The average Bonchev–Trinajstić information content (AvgIpc) is 3.12. The van der Waals surface area contributed by atoms with Crippen LogP contribution in [0.25, 0.3) is 0 Å². The lowest BCUT2D eigenvalue weighted by molar-refractivity contribution is -0.150. The number of ether oxygens (including phenoxy) is 3. The van der Waals surface area contributed by atoms with Crippen molar-refractivity contribution in [3.8, 4) is 0 Å². The third-order valence-corrected chi connectivity index (χ3v) is 5.51. The maximum absolute atomic E-state index is 12.4. The number of Topliss-reactive ketones (excluding diaryl/α,β-unsaturated/α-hetero) is 1. The molecule has 2 fully saturated rings. The van der Waals surface area contributed by atoms with Gasteiger partial charge in [0.05, 0.1) is 37.8 Å². The molecule has 1 saturated heterocycles. The fraction of sp³-hybridized carbons (Fsp3) is 0.591. The van der Waals surface area contributed by atoms with Crippen molar-refractivity contribution < 1.29 is 28.6 Å². The van der Waals surface area contributed by atoms with Crippen molar-refractivity contribution in [2.75, 3.05) is 19.8 Å². The summed E-state index contributed by atoms with van der Waals surface area (Å²) < 4.78 is 16.5. The Morgan fingerprint density at radius 1 is 1.07 bits per heavy atom. The first-order valence-corrected chi connectivity index (χ1v) is 10.3. The summed E-state index contributed by atoms with van der Waals surface area (Å²) >= 11 is 0. The number of rotatable bonds is 7. The molecule has 29 heavy (non-hydrogen) atoms. The lowest BCUT2D eigenvalue weighted by atomic mass is 9.87. The van der Waals surface area contributed by atoms with Crippen LogP contribution in [-0.4, -0.2) is 54.7 Å². The molecule has 0 bridgehead atoms. The molecule has 1 aromatic carbocycles. The summed E-state index contributed by atoms with van der Waals surface area (Å²) in [7, 11) is 0. The van der Waals surface area contributed by atoms with Crippen molar-refractivity contribution >= 4 is 17.8 Å². The smallest absolute Gasteiger partial charge is 0.410 e. The zero-order valence-corrected chi connectivity index (χ0v) is 16.9. The highest BCUT2D eigenvalue weighted by atomic mass is 16.6. The Kier molecular flexibility index (Phi) is 7.63. The van der Waals surface area contributed by atoms with E-state index in [1.165, 1.54) is 4.90 Å². The molecule has 7 nitrogen and oxygen atoms in total. The standard InChI is InChI=1S/C22H29NO6/c1-2-27-21(25)17-8-10-20(11-9-17)28-15-18-12-19(24)13-23(18)22(26)29-14-16-6-4-3-5-7-16/h3-7,17-18,20H,2,8-15H2,1H3/t17-,18-,20-/m0/s1. The first-order chi connectivity index (χ1) is 14.1. The van der Waals surface area contributed by atoms with E-state index in [9.17, 15) is 14.4 Å². The van der Waals surface area contributed by atoms with Gasteiger partial charge in [-0.25, -0.2) is 4.79 Å². The minimum Gasteiger partial charge on any atom is -0.466 e. The Morgan fingerprint density at radius 2 is 1.79 bits per heavy atom. The molecule has 0 radical (unpaired) electrons. The number of carbonyl (C=O) groups excluding carboxylic acids is 3. The largest absolute Gasteiger partial charge is 0.466 e. The van der Waals surface area contributed by atoms with Crippen LogP contribution in [-0.2, 0) is 30.4 Å². The molecule has 0 spiro atoms. The van der Waals surface area contributed by atoms with Crippen LogP contribution >= 0.6 is 0 Å². The third kappa shape index (κ3) is 6.03. The van der Waals surface area contributed by atoms with E-state index in [1.54, 1.807) is 0 Å². The number of hydrogen-bond donors (Lipinski definition) is 0. The lowest BCUT2D eigenvalue weighted by Crippen LogP contribution is -2.40. The Bertz CT molecular complexity index is 699. The number of hydrogen-bond acceptors (Lipinski definition) is 6. The Hall–Kier alpha value is -2.41. The number of nitrogens with zero attached hydrogens (tertiary/aromatic N) is 1. The molecule has 3 rings (SSSR count). The van der Waals surface area contributed by atoms with Crippen molar-refractivity contribution in [3.05, 3.63) is 35.9 Å². The van der Waals surface area contributed by atoms with E-state index < -0.39 is 6.09 Å². The van der Waals surface area contributed by atoms with Gasteiger partial charge in [0.15, 0.2) is 5.78 Å². The fourth-order valence-electron chi connectivity index (χ4n) is 3.89. The molecule has 0 aromatic heterocycles. The second kappa shape index (κ2) is 10.4. The molecule has 1 saturated carbocycles. The van der Waals surface area contributed by atoms with Gasteiger partial charge in [0.1, 0.15) is 6.61 Å². The summed E-state index contributed by atoms with van der Waals surface area (Å²) in [4.78, 5) is 37.7. The van der Waals surface area contributed by atoms with Gasteiger partial charge in [0, 0.05) is 6.42 Å². The van der Waals surface area contributed by atoms with E-state index in [-0.39, 0.29) is 43.0 Å². The maximum Gasteiger partial charge on any atom is 0.410 e. The average molecular weight is 403 g/mol. The van der Waals surface area contributed by atoms with Gasteiger partial charge in [-0.1, -0.05) is 30.3 Å². The second-order valence-corrected chi connectivity index (χ2v) is 7.62. The molecule has 1 heterocycles. The van der Waals surface area contributed by atoms with Crippen LogP contribution in [0.3, 0.4) is 0 Å². The second-order valence-electron chi connectivity index (χ2n) is 7.62. The third-order valence-electron chi connectivity index (χ3n) is 5.51. The molecular weight excluding hydrogens is 374 g/mol. The molecule has 1 amide bonds. The van der Waals surface area contributed by atoms with Crippen molar-refractivity contribution in [1.82, 2.24) is 4.90 Å². The number of carbonyl (C=O) groups is 3. The molecular formula is C22H29NO6. The summed E-state index contributed by atoms with van der Waals surface area (Å²) in [6.07, 6.45) is 2.90. The zero-order valence-electron chi connectivity index (χ0n) is 16.9. The van der Waals surface area contributed by atoms with Crippen LogP contribution in [0.2, 0.25) is 0 Å². The number of likely N-dealkylation sites (tertiary alicyclic amines) is 1. The molecule has 0 N–H and O–H groups in total. The highest BCUT2D eigenvalue weighted by Gasteiger charge is 2.36. The summed E-state index contributed by atoms with van der Waals surface area (Å²) in [6.45, 7) is 2.77. The Morgan fingerprint density at radius 3 is 2.48 bits per heavy atom. The fourth-order valence-corrected chi connectivity index (χ4v) is 3.89. The van der Waals surface area contributed by atoms with E-state index in [0.29, 0.717) is 19.6 Å². The minimum absolute atomic E-state index is 0.0151. The van der Waals surface area contributed by atoms with Crippen LogP contribution in [0.4, 0.5) is 4.79 Å². The highest BCUT2D eigenvalue weighted by Crippen LogP contribution is 2.28. The number of ketones is 1. The predicted octanol–water partition coefficient (Wildman–Crippen LogP) is 3.11. The molecule has 1 aliphatic heterocycles. The first-order valence-electron chi connectivity index (χ1n) is 10.3. The number of benzene rings is 1. The predicted molar refractivity (Wildman–Crippen MR) is 105 cm³/mol. The Labute approximate surface area is 171 Å². The maximum atomic E-state index is 12.4. The van der Waals surface area contributed by atoms with Crippen molar-refractivity contribution in [1.29, 1.82) is 0 Å².